The van der Waals surface area contributed by atoms with Gasteiger partial charge in [-0.3, -0.25) is 4.79 Å². The third kappa shape index (κ3) is 3.15. The maximum absolute atomic E-state index is 11.1. The lowest BCUT2D eigenvalue weighted by atomic mass is 10.1. The number of amides is 1. The normalized spacial score (nSPS) is 10.2. The van der Waals surface area contributed by atoms with Crippen molar-refractivity contribution in [1.29, 1.82) is 5.26 Å². The maximum Gasteiger partial charge on any atom is 0.221 e. The fraction of sp³-hybridized carbons (Fsp3) is 0.111. The second-order valence-electron chi connectivity index (χ2n) is 5.44. The number of aryl methyl sites for hydroxylation is 1. The van der Waals surface area contributed by atoms with Crippen LogP contribution in [0.5, 0.6) is 0 Å². The van der Waals surface area contributed by atoms with Gasteiger partial charge >= 0.3 is 0 Å². The van der Waals surface area contributed by atoms with E-state index >= 15 is 0 Å². The Morgan fingerprint density at radius 1 is 1.08 bits per heavy atom. The van der Waals surface area contributed by atoms with E-state index in [2.05, 4.69) is 26.9 Å². The van der Waals surface area contributed by atoms with Crippen LogP contribution < -0.4 is 10.6 Å². The highest BCUT2D eigenvalue weighted by Gasteiger charge is 2.11. The molecular weight excluding hydrogens is 302 g/mol. The molecule has 2 aromatic carbocycles. The average molecular weight is 317 g/mol. The predicted molar refractivity (Wildman–Crippen MR) is 93.0 cm³/mol. The number of nitrogens with one attached hydrogen (secondary N) is 2. The van der Waals surface area contributed by atoms with Crippen molar-refractivity contribution in [3.8, 4) is 6.07 Å². The number of carbonyl (C=O) groups excluding carboxylic acids is 1. The lowest BCUT2D eigenvalue weighted by Gasteiger charge is -2.11. The summed E-state index contributed by atoms with van der Waals surface area (Å²) in [5, 5.41) is 24.2. The summed E-state index contributed by atoms with van der Waals surface area (Å²) in [5.41, 5.74) is 4.15. The lowest BCUT2D eigenvalue weighted by Crippen LogP contribution is -2.05. The monoisotopic (exact) mass is 317 g/mol. The third-order valence-electron chi connectivity index (χ3n) is 3.50. The molecule has 0 fully saturated rings. The van der Waals surface area contributed by atoms with Gasteiger partial charge in [0.2, 0.25) is 5.91 Å². The van der Waals surface area contributed by atoms with E-state index in [1.54, 1.807) is 12.1 Å². The number of carbonyl (C=O) groups is 1. The van der Waals surface area contributed by atoms with Gasteiger partial charge in [0.15, 0.2) is 5.69 Å². The van der Waals surface area contributed by atoms with Crippen LogP contribution in [0.4, 0.5) is 17.1 Å². The summed E-state index contributed by atoms with van der Waals surface area (Å²) in [4.78, 5) is 11.1. The number of aromatic nitrogens is 2. The summed E-state index contributed by atoms with van der Waals surface area (Å²) in [5.74, 6) is -0.123. The minimum Gasteiger partial charge on any atom is -0.353 e. The van der Waals surface area contributed by atoms with Gasteiger partial charge in [0, 0.05) is 23.7 Å². The molecular formula is C18H15N5O. The molecule has 0 atom stereocenters. The van der Waals surface area contributed by atoms with Crippen LogP contribution in [0.25, 0.3) is 10.9 Å². The lowest BCUT2D eigenvalue weighted by molar-refractivity contribution is -0.114. The minimum atomic E-state index is -0.123. The fourth-order valence-corrected chi connectivity index (χ4v) is 2.41. The van der Waals surface area contributed by atoms with E-state index in [0.717, 1.165) is 22.2 Å². The first-order valence-corrected chi connectivity index (χ1v) is 7.38. The quantitative estimate of drug-likeness (QED) is 0.771. The smallest absolute Gasteiger partial charge is 0.221 e. The molecule has 0 aliphatic heterocycles. The Hall–Kier alpha value is -3.46. The molecule has 0 unspecified atom stereocenters. The highest BCUT2D eigenvalue weighted by atomic mass is 16.1. The SMILES string of the molecule is CC(=O)Nc1ccc(Nc2c(C#N)nnc3ccc(C)cc23)cc1. The summed E-state index contributed by atoms with van der Waals surface area (Å²) in [6, 6.07) is 15.1. The van der Waals surface area contributed by atoms with Crippen molar-refractivity contribution in [2.45, 2.75) is 13.8 Å². The molecule has 1 heterocycles. The number of fused-ring (bicyclic) bond motifs is 1. The Balaban J connectivity index is 2.01. The topological polar surface area (TPSA) is 90.7 Å². The molecule has 0 saturated carbocycles. The van der Waals surface area contributed by atoms with E-state index in [9.17, 15) is 10.1 Å². The van der Waals surface area contributed by atoms with Gasteiger partial charge in [-0.1, -0.05) is 11.6 Å². The van der Waals surface area contributed by atoms with Crippen LogP contribution in [0.1, 0.15) is 18.2 Å². The first-order chi connectivity index (χ1) is 11.6. The van der Waals surface area contributed by atoms with Crippen LogP contribution in [0.15, 0.2) is 42.5 Å². The molecule has 0 aliphatic carbocycles. The molecule has 0 saturated heterocycles. The van der Waals surface area contributed by atoms with Gasteiger partial charge in [-0.25, -0.2) is 0 Å². The molecule has 6 nitrogen and oxygen atoms in total. The molecule has 2 N–H and O–H groups in total. The molecule has 0 spiro atoms. The van der Waals surface area contributed by atoms with E-state index in [1.165, 1.54) is 6.92 Å². The molecule has 0 aliphatic rings. The zero-order valence-corrected chi connectivity index (χ0v) is 13.3. The van der Waals surface area contributed by atoms with Crippen molar-refractivity contribution in [2.75, 3.05) is 10.6 Å². The first-order valence-electron chi connectivity index (χ1n) is 7.38. The molecule has 0 radical (unpaired) electrons. The first kappa shape index (κ1) is 15.4. The number of hydrogen-bond donors (Lipinski definition) is 2. The summed E-state index contributed by atoms with van der Waals surface area (Å²) >= 11 is 0. The number of benzene rings is 2. The van der Waals surface area contributed by atoms with Gasteiger partial charge < -0.3 is 10.6 Å². The Morgan fingerprint density at radius 3 is 2.46 bits per heavy atom. The van der Waals surface area contributed by atoms with Crippen molar-refractivity contribution in [2.24, 2.45) is 0 Å². The number of nitrogens with zero attached hydrogens (tertiary/aromatic N) is 3. The van der Waals surface area contributed by atoms with Crippen LogP contribution in [0.3, 0.4) is 0 Å². The van der Waals surface area contributed by atoms with Gasteiger partial charge in [0.1, 0.15) is 6.07 Å². The Bertz CT molecular complexity index is 958. The largest absolute Gasteiger partial charge is 0.353 e. The molecule has 3 rings (SSSR count). The van der Waals surface area contributed by atoms with Crippen LogP contribution in [0.2, 0.25) is 0 Å². The van der Waals surface area contributed by atoms with Crippen molar-refractivity contribution in [1.82, 2.24) is 10.2 Å². The molecule has 1 aromatic heterocycles. The summed E-state index contributed by atoms with van der Waals surface area (Å²) < 4.78 is 0. The van der Waals surface area contributed by atoms with E-state index in [-0.39, 0.29) is 11.6 Å². The van der Waals surface area contributed by atoms with Crippen molar-refractivity contribution < 1.29 is 4.79 Å². The van der Waals surface area contributed by atoms with E-state index in [1.807, 2.05) is 37.3 Å². The van der Waals surface area contributed by atoms with Gasteiger partial charge in [-0.15, -0.1) is 10.2 Å². The van der Waals surface area contributed by atoms with E-state index in [0.29, 0.717) is 11.4 Å². The van der Waals surface area contributed by atoms with E-state index < -0.39 is 0 Å². The van der Waals surface area contributed by atoms with Crippen molar-refractivity contribution >= 4 is 33.9 Å². The van der Waals surface area contributed by atoms with Crippen LogP contribution in [-0.2, 0) is 4.79 Å². The minimum absolute atomic E-state index is 0.123. The van der Waals surface area contributed by atoms with E-state index in [4.69, 9.17) is 0 Å². The second-order valence-corrected chi connectivity index (χ2v) is 5.44. The zero-order valence-electron chi connectivity index (χ0n) is 13.3. The van der Waals surface area contributed by atoms with Gasteiger partial charge in [-0.2, -0.15) is 5.26 Å². The summed E-state index contributed by atoms with van der Waals surface area (Å²) in [7, 11) is 0. The molecule has 24 heavy (non-hydrogen) atoms. The Kier molecular flexibility index (Phi) is 4.08. The van der Waals surface area contributed by atoms with Crippen LogP contribution in [0, 0.1) is 18.3 Å². The van der Waals surface area contributed by atoms with Crippen LogP contribution in [-0.4, -0.2) is 16.1 Å². The number of rotatable bonds is 3. The Labute approximate surface area is 139 Å². The zero-order chi connectivity index (χ0) is 17.1. The van der Waals surface area contributed by atoms with Crippen LogP contribution >= 0.6 is 0 Å². The Morgan fingerprint density at radius 2 is 1.79 bits per heavy atom. The molecule has 118 valence electrons. The third-order valence-corrected chi connectivity index (χ3v) is 3.50. The average Bonchev–Trinajstić information content (AvgIpc) is 2.56. The fourth-order valence-electron chi connectivity index (χ4n) is 2.41. The van der Waals surface area contributed by atoms with Crippen molar-refractivity contribution in [3.63, 3.8) is 0 Å². The number of hydrogen-bond acceptors (Lipinski definition) is 5. The molecule has 0 bridgehead atoms. The van der Waals surface area contributed by atoms with Gasteiger partial charge in [0.25, 0.3) is 0 Å². The van der Waals surface area contributed by atoms with Gasteiger partial charge in [-0.05, 0) is 43.3 Å². The molecule has 3 aromatic rings. The van der Waals surface area contributed by atoms with Gasteiger partial charge in [0.05, 0.1) is 11.2 Å². The highest BCUT2D eigenvalue weighted by molar-refractivity contribution is 5.95. The summed E-state index contributed by atoms with van der Waals surface area (Å²) in [6.07, 6.45) is 0. The highest BCUT2D eigenvalue weighted by Crippen LogP contribution is 2.28. The number of nitriles is 1. The molecule has 6 heteroatoms. The van der Waals surface area contributed by atoms with Crippen molar-refractivity contribution in [3.05, 3.63) is 53.7 Å². The molecule has 1 amide bonds. The standard InChI is InChI=1S/C18H15N5O/c1-11-3-8-16-15(9-11)18(17(10-19)23-22-16)21-14-6-4-13(5-7-14)20-12(2)24/h3-9H,1-2H3,(H,20,24)(H,21,22). The second kappa shape index (κ2) is 6.34. The predicted octanol–water partition coefficient (Wildman–Crippen LogP) is 3.51. The number of anilines is 3. The summed E-state index contributed by atoms with van der Waals surface area (Å²) in [6.45, 7) is 3.44. The maximum atomic E-state index is 11.1.